The number of halogens is 1. The third-order valence-corrected chi connectivity index (χ3v) is 5.79. The fraction of sp³-hybridized carbons (Fsp3) is 0.550. The molecule has 1 aliphatic heterocycles. The second kappa shape index (κ2) is 13.0. The maximum absolute atomic E-state index is 4.84. The molecule has 3 heterocycles. The Hall–Kier alpha value is -1.46. The molecule has 1 N–H and O–H groups in total. The van der Waals surface area contributed by atoms with Crippen LogP contribution in [0.4, 0.5) is 5.95 Å². The number of rotatable bonds is 8. The standard InChI is InChI=1S/C20H31N7S.HI/c1-3-21-19(25(2)11-7-18-6-4-17-28-18)24-10-12-26-13-15-27(16-14-26)20-22-8-5-9-23-20;/h4-6,8-9,17H,3,7,10-16H2,1-2H3,(H,21,24);1H. The van der Waals surface area contributed by atoms with E-state index in [0.717, 1.165) is 70.7 Å². The first kappa shape index (κ1) is 23.8. The zero-order chi connectivity index (χ0) is 19.6. The molecule has 0 amide bonds. The van der Waals surface area contributed by atoms with Crippen LogP contribution in [-0.2, 0) is 6.42 Å². The number of anilines is 1. The Bertz CT molecular complexity index is 703. The third-order valence-electron chi connectivity index (χ3n) is 4.86. The molecule has 3 rings (SSSR count). The first-order valence-corrected chi connectivity index (χ1v) is 10.9. The molecule has 160 valence electrons. The Kier molecular flexibility index (Phi) is 10.6. The van der Waals surface area contributed by atoms with Gasteiger partial charge >= 0.3 is 0 Å². The molecule has 1 aliphatic rings. The van der Waals surface area contributed by atoms with Crippen LogP contribution in [0.25, 0.3) is 0 Å². The first-order valence-electron chi connectivity index (χ1n) is 10.0. The number of nitrogens with zero attached hydrogens (tertiary/aromatic N) is 6. The molecule has 0 aromatic carbocycles. The summed E-state index contributed by atoms with van der Waals surface area (Å²) in [5, 5.41) is 5.55. The van der Waals surface area contributed by atoms with Crippen molar-refractivity contribution in [2.24, 2.45) is 4.99 Å². The van der Waals surface area contributed by atoms with Crippen molar-refractivity contribution >= 4 is 47.2 Å². The quantitative estimate of drug-likeness (QED) is 0.322. The van der Waals surface area contributed by atoms with Gasteiger partial charge < -0.3 is 15.1 Å². The van der Waals surface area contributed by atoms with E-state index in [0.29, 0.717) is 0 Å². The van der Waals surface area contributed by atoms with Gasteiger partial charge in [0.25, 0.3) is 0 Å². The number of likely N-dealkylation sites (N-methyl/N-ethyl adjacent to an activating group) is 1. The summed E-state index contributed by atoms with van der Waals surface area (Å²) in [6.45, 7) is 9.76. The molecule has 0 aliphatic carbocycles. The van der Waals surface area contributed by atoms with Gasteiger partial charge in [-0.05, 0) is 30.9 Å². The summed E-state index contributed by atoms with van der Waals surface area (Å²) < 4.78 is 0. The molecule has 9 heteroatoms. The smallest absolute Gasteiger partial charge is 0.225 e. The molecule has 1 fully saturated rings. The van der Waals surface area contributed by atoms with Crippen LogP contribution in [0.2, 0.25) is 0 Å². The number of piperazine rings is 1. The van der Waals surface area contributed by atoms with E-state index in [-0.39, 0.29) is 24.0 Å². The Morgan fingerprint density at radius 2 is 1.97 bits per heavy atom. The van der Waals surface area contributed by atoms with Gasteiger partial charge in [0.15, 0.2) is 5.96 Å². The van der Waals surface area contributed by atoms with E-state index >= 15 is 0 Å². The van der Waals surface area contributed by atoms with Crippen molar-refractivity contribution in [2.45, 2.75) is 13.3 Å². The van der Waals surface area contributed by atoms with Gasteiger partial charge in [-0.15, -0.1) is 35.3 Å². The topological polar surface area (TPSA) is 59.9 Å². The van der Waals surface area contributed by atoms with Crippen LogP contribution in [0.5, 0.6) is 0 Å². The van der Waals surface area contributed by atoms with Gasteiger partial charge in [-0.25, -0.2) is 9.97 Å². The summed E-state index contributed by atoms with van der Waals surface area (Å²) in [5.41, 5.74) is 0. The minimum atomic E-state index is 0. The molecule has 7 nitrogen and oxygen atoms in total. The monoisotopic (exact) mass is 529 g/mol. The molecule has 0 spiro atoms. The average Bonchev–Trinajstić information content (AvgIpc) is 3.26. The number of aliphatic imine (C=N–C) groups is 1. The highest BCUT2D eigenvalue weighted by Gasteiger charge is 2.18. The Morgan fingerprint density at radius 3 is 2.62 bits per heavy atom. The molecule has 2 aromatic heterocycles. The molecule has 0 saturated carbocycles. The van der Waals surface area contributed by atoms with Crippen LogP contribution in [0.3, 0.4) is 0 Å². The van der Waals surface area contributed by atoms with Crippen molar-refractivity contribution < 1.29 is 0 Å². The lowest BCUT2D eigenvalue weighted by molar-refractivity contribution is 0.263. The van der Waals surface area contributed by atoms with Crippen LogP contribution < -0.4 is 10.2 Å². The van der Waals surface area contributed by atoms with Gasteiger partial charge in [-0.2, -0.15) is 0 Å². The van der Waals surface area contributed by atoms with E-state index in [9.17, 15) is 0 Å². The molecular weight excluding hydrogens is 497 g/mol. The largest absolute Gasteiger partial charge is 0.357 e. The highest BCUT2D eigenvalue weighted by molar-refractivity contribution is 14.0. The fourth-order valence-corrected chi connectivity index (χ4v) is 3.93. The van der Waals surface area contributed by atoms with E-state index in [1.54, 1.807) is 12.4 Å². The van der Waals surface area contributed by atoms with Gasteiger partial charge in [0.1, 0.15) is 0 Å². The summed E-state index contributed by atoms with van der Waals surface area (Å²) >= 11 is 1.82. The minimum Gasteiger partial charge on any atom is -0.357 e. The number of guanidine groups is 1. The van der Waals surface area contributed by atoms with Crippen LogP contribution in [-0.4, -0.2) is 85.1 Å². The summed E-state index contributed by atoms with van der Waals surface area (Å²) in [6, 6.07) is 6.17. The van der Waals surface area contributed by atoms with Gasteiger partial charge in [0.2, 0.25) is 5.95 Å². The van der Waals surface area contributed by atoms with Crippen molar-refractivity contribution in [2.75, 3.05) is 64.3 Å². The highest BCUT2D eigenvalue weighted by Crippen LogP contribution is 2.10. The van der Waals surface area contributed by atoms with Gasteiger partial charge in [0, 0.05) is 70.1 Å². The van der Waals surface area contributed by atoms with Crippen molar-refractivity contribution in [3.05, 3.63) is 40.8 Å². The first-order chi connectivity index (χ1) is 13.8. The van der Waals surface area contributed by atoms with Gasteiger partial charge in [-0.3, -0.25) is 9.89 Å². The Morgan fingerprint density at radius 1 is 1.21 bits per heavy atom. The van der Waals surface area contributed by atoms with E-state index in [1.165, 1.54) is 4.88 Å². The SMILES string of the molecule is CCNC(=NCCN1CCN(c2ncccn2)CC1)N(C)CCc1cccs1.I. The summed E-state index contributed by atoms with van der Waals surface area (Å²) in [5.74, 6) is 1.83. The normalized spacial score (nSPS) is 15.1. The molecular formula is C20H32IN7S. The van der Waals surface area contributed by atoms with Crippen molar-refractivity contribution in [3.63, 3.8) is 0 Å². The van der Waals surface area contributed by atoms with Crippen LogP contribution >= 0.6 is 35.3 Å². The lowest BCUT2D eigenvalue weighted by Gasteiger charge is -2.34. The summed E-state index contributed by atoms with van der Waals surface area (Å²) in [7, 11) is 2.12. The summed E-state index contributed by atoms with van der Waals surface area (Å²) in [4.78, 5) is 21.9. The fourth-order valence-electron chi connectivity index (χ4n) is 3.23. The van der Waals surface area contributed by atoms with E-state index in [1.807, 2.05) is 17.4 Å². The Balaban J connectivity index is 0.00000300. The molecule has 29 heavy (non-hydrogen) atoms. The number of aromatic nitrogens is 2. The second-order valence-corrected chi connectivity index (χ2v) is 7.90. The molecule has 0 bridgehead atoms. The van der Waals surface area contributed by atoms with Gasteiger partial charge in [-0.1, -0.05) is 6.07 Å². The number of nitrogens with one attached hydrogen (secondary N) is 1. The van der Waals surface area contributed by atoms with E-state index in [4.69, 9.17) is 4.99 Å². The van der Waals surface area contributed by atoms with Crippen molar-refractivity contribution in [1.82, 2.24) is 25.1 Å². The molecule has 0 radical (unpaired) electrons. The predicted molar refractivity (Wildman–Crippen MR) is 133 cm³/mol. The number of thiophene rings is 1. The van der Waals surface area contributed by atoms with E-state index < -0.39 is 0 Å². The average molecular weight is 529 g/mol. The lowest BCUT2D eigenvalue weighted by atomic mass is 10.3. The lowest BCUT2D eigenvalue weighted by Crippen LogP contribution is -2.48. The van der Waals surface area contributed by atoms with Crippen LogP contribution in [0, 0.1) is 0 Å². The number of hydrogen-bond donors (Lipinski definition) is 1. The number of hydrogen-bond acceptors (Lipinski definition) is 6. The highest BCUT2D eigenvalue weighted by atomic mass is 127. The van der Waals surface area contributed by atoms with Gasteiger partial charge in [0.05, 0.1) is 6.54 Å². The van der Waals surface area contributed by atoms with Crippen LogP contribution in [0.1, 0.15) is 11.8 Å². The van der Waals surface area contributed by atoms with Crippen molar-refractivity contribution in [3.8, 4) is 0 Å². The van der Waals surface area contributed by atoms with Crippen molar-refractivity contribution in [1.29, 1.82) is 0 Å². The predicted octanol–water partition coefficient (Wildman–Crippen LogP) is 2.42. The molecule has 2 aromatic rings. The van der Waals surface area contributed by atoms with E-state index in [2.05, 4.69) is 61.5 Å². The summed E-state index contributed by atoms with van der Waals surface area (Å²) in [6.07, 6.45) is 4.67. The molecule has 0 unspecified atom stereocenters. The zero-order valence-electron chi connectivity index (χ0n) is 17.3. The molecule has 0 atom stereocenters. The minimum absolute atomic E-state index is 0. The Labute approximate surface area is 195 Å². The zero-order valence-corrected chi connectivity index (χ0v) is 20.5. The second-order valence-electron chi connectivity index (χ2n) is 6.86. The van der Waals surface area contributed by atoms with Crippen LogP contribution in [0.15, 0.2) is 41.0 Å². The third kappa shape index (κ3) is 7.71. The molecule has 1 saturated heterocycles. The maximum atomic E-state index is 4.84. The maximum Gasteiger partial charge on any atom is 0.225 e.